The van der Waals surface area contributed by atoms with E-state index in [1.807, 2.05) is 18.2 Å². The van der Waals surface area contributed by atoms with Crippen LogP contribution in [0.15, 0.2) is 413 Å². The van der Waals surface area contributed by atoms with Gasteiger partial charge in [-0.05, 0) is 199 Å². The number of fused-ring (bicyclic) bond motifs is 19. The van der Waals surface area contributed by atoms with E-state index in [0.717, 1.165) is 106 Å². The van der Waals surface area contributed by atoms with Gasteiger partial charge in [0, 0.05) is 60.4 Å². The molecule has 0 atom stereocenters. The zero-order valence-electron chi connectivity index (χ0n) is 68.4. The number of benzene rings is 19. The van der Waals surface area contributed by atoms with Crippen molar-refractivity contribution in [2.75, 3.05) is 0 Å². The molecule has 0 N–H and O–H groups in total. The number of nitrogens with zero attached hydrogens (tertiary/aromatic N) is 6. The van der Waals surface area contributed by atoms with Crippen molar-refractivity contribution in [1.82, 2.24) is 29.9 Å². The highest BCUT2D eigenvalue weighted by atomic mass is 14.9. The van der Waals surface area contributed by atoms with Crippen LogP contribution in [0.2, 0.25) is 0 Å². The summed E-state index contributed by atoms with van der Waals surface area (Å²) in [5, 5.41) is 14.4. The lowest BCUT2D eigenvalue weighted by atomic mass is 9.67. The summed E-state index contributed by atoms with van der Waals surface area (Å²) < 4.78 is 0. The summed E-state index contributed by atoms with van der Waals surface area (Å²) in [6.45, 7) is 9.34. The predicted octanol–water partition coefficient (Wildman–Crippen LogP) is 29.6. The number of rotatable bonds is 8. The second-order valence-electron chi connectivity index (χ2n) is 33.9. The fraction of sp³-hybridized carbons (Fsp3) is 0.0598. The van der Waals surface area contributed by atoms with Gasteiger partial charge in [0.1, 0.15) is 0 Å². The van der Waals surface area contributed by atoms with Crippen LogP contribution in [-0.2, 0) is 16.2 Å². The van der Waals surface area contributed by atoms with Gasteiger partial charge < -0.3 is 0 Å². The summed E-state index contributed by atoms with van der Waals surface area (Å²) in [5.74, 6) is 1.49. The van der Waals surface area contributed by atoms with Crippen molar-refractivity contribution in [2.45, 2.75) is 43.9 Å². The summed E-state index contributed by atoms with van der Waals surface area (Å²) >= 11 is 0. The fourth-order valence-corrected chi connectivity index (χ4v) is 20.1. The van der Waals surface area contributed by atoms with Crippen molar-refractivity contribution in [2.24, 2.45) is 0 Å². The maximum Gasteiger partial charge on any atom is 0.160 e. The molecule has 0 radical (unpaired) electrons. The van der Waals surface area contributed by atoms with Crippen LogP contribution in [0, 0.1) is 0 Å². The minimum atomic E-state index is -0.463. The van der Waals surface area contributed by atoms with Crippen molar-refractivity contribution >= 4 is 86.7 Å². The summed E-state index contributed by atoms with van der Waals surface area (Å²) in [5.41, 5.74) is 31.5. The first kappa shape index (κ1) is 72.7. The molecule has 0 bridgehead atoms. The Labute approximate surface area is 713 Å². The van der Waals surface area contributed by atoms with Gasteiger partial charge in [0.15, 0.2) is 11.6 Å². The Kier molecular flexibility index (Phi) is 17.1. The molecule has 0 fully saturated rings. The molecule has 25 rings (SSSR count). The van der Waals surface area contributed by atoms with E-state index in [2.05, 4.69) is 422 Å². The molecule has 0 aliphatic heterocycles. The monoisotopic (exact) mass is 1570 g/mol. The fourth-order valence-electron chi connectivity index (χ4n) is 20.1. The van der Waals surface area contributed by atoms with Gasteiger partial charge in [0.25, 0.3) is 0 Å². The first-order valence-corrected chi connectivity index (χ1v) is 42.5. The molecule has 3 aliphatic rings. The van der Waals surface area contributed by atoms with Gasteiger partial charge in [0.05, 0.1) is 50.3 Å². The molecule has 6 nitrogen and oxygen atoms in total. The lowest BCUT2D eigenvalue weighted by molar-refractivity contribution is 0.661. The normalized spacial score (nSPS) is 13.4. The van der Waals surface area contributed by atoms with Crippen molar-refractivity contribution < 1.29 is 0 Å². The number of para-hydroxylation sites is 1. The van der Waals surface area contributed by atoms with E-state index in [1.165, 1.54) is 126 Å². The lowest BCUT2D eigenvalue weighted by Gasteiger charge is -2.34. The van der Waals surface area contributed by atoms with E-state index in [1.54, 1.807) is 0 Å². The molecular weight excluding hydrogens is 1490 g/mol. The molecule has 0 saturated heterocycles. The maximum atomic E-state index is 5.29. The molecule has 6 heteroatoms. The van der Waals surface area contributed by atoms with Gasteiger partial charge in [-0.15, -0.1) is 0 Å². The maximum absolute atomic E-state index is 5.29. The largest absolute Gasteiger partial charge is 0.244 e. The highest BCUT2D eigenvalue weighted by Gasteiger charge is 2.47. The molecule has 19 aromatic carbocycles. The molecule has 578 valence electrons. The molecule has 3 aromatic heterocycles. The van der Waals surface area contributed by atoms with Crippen LogP contribution in [0.5, 0.6) is 0 Å². The van der Waals surface area contributed by atoms with Gasteiger partial charge in [-0.3, -0.25) is 0 Å². The van der Waals surface area contributed by atoms with Crippen LogP contribution >= 0.6 is 0 Å². The summed E-state index contributed by atoms with van der Waals surface area (Å²) in [6.07, 6.45) is 0. The highest BCUT2D eigenvalue weighted by Crippen LogP contribution is 2.59. The van der Waals surface area contributed by atoms with Crippen LogP contribution in [-0.4, -0.2) is 29.9 Å². The van der Waals surface area contributed by atoms with Crippen molar-refractivity contribution in [1.29, 1.82) is 0 Å². The zero-order chi connectivity index (χ0) is 82.1. The number of hydrogen-bond donors (Lipinski definition) is 0. The predicted molar refractivity (Wildman–Crippen MR) is 511 cm³/mol. The minimum absolute atomic E-state index is 0.111. The average Bonchev–Trinajstić information content (AvgIpc) is 1.53. The Hall–Kier alpha value is -15.5. The van der Waals surface area contributed by atoms with Crippen LogP contribution < -0.4 is 0 Å². The quantitative estimate of drug-likeness (QED) is 0.141. The van der Waals surface area contributed by atoms with E-state index in [0.29, 0.717) is 0 Å². The van der Waals surface area contributed by atoms with Crippen molar-refractivity contribution in [3.8, 4) is 101 Å². The molecule has 22 aromatic rings. The molecule has 0 saturated carbocycles. The molecule has 3 heterocycles. The summed E-state index contributed by atoms with van der Waals surface area (Å²) in [6, 6.07) is 148. The van der Waals surface area contributed by atoms with E-state index in [4.69, 9.17) is 29.9 Å². The number of hydrogen-bond acceptors (Lipinski definition) is 6. The van der Waals surface area contributed by atoms with Crippen molar-refractivity contribution in [3.05, 3.63) is 457 Å². The molecule has 0 unspecified atom stereocenters. The first-order valence-electron chi connectivity index (χ1n) is 42.5. The van der Waals surface area contributed by atoms with Crippen molar-refractivity contribution in [3.63, 3.8) is 0 Å². The standard InChI is InChI=1S/C43H28N2.2C37H26N2/c1-4-14-29(15-5-1)41-35-22-12-13-23-40(35)44-42(45-41)32-24-25-38-36(27-32)37-26-30-16-10-11-17-31(30)28-39(37)43(38,33-18-6-2-7-19-33)34-20-8-3-9-21-34;1-37(2)31-22-27(16-18-29(31)30-20-25-13-6-7-14-26(25)21-32(30)37)36-38-33-19-17-23-10-8-9-15-28(23)34(33)35(39-36)24-11-4-3-5-12-24;1-37(2)31-22-27(16-18-29(31)30-20-25-13-6-7-14-26(25)21-32(30)37)35-34(24-11-4-3-5-12-24)39-36-28-15-9-8-10-23(28)17-19-33(36)38-35/h1-28H;2*3-22H,1-2H3. The third-order valence-electron chi connectivity index (χ3n) is 26.2. The lowest BCUT2D eigenvalue weighted by Crippen LogP contribution is -2.28. The smallest absolute Gasteiger partial charge is 0.160 e. The third-order valence-corrected chi connectivity index (χ3v) is 26.2. The second-order valence-corrected chi connectivity index (χ2v) is 33.9. The van der Waals surface area contributed by atoms with Crippen LogP contribution in [0.1, 0.15) is 72.2 Å². The Morgan fingerprint density at radius 1 is 0.187 bits per heavy atom. The van der Waals surface area contributed by atoms with Crippen LogP contribution in [0.3, 0.4) is 0 Å². The molecular formula is C117H80N6. The topological polar surface area (TPSA) is 77.3 Å². The zero-order valence-corrected chi connectivity index (χ0v) is 68.4. The van der Waals surface area contributed by atoms with E-state index < -0.39 is 5.41 Å². The molecule has 0 spiro atoms. The highest BCUT2D eigenvalue weighted by molar-refractivity contribution is 6.13. The summed E-state index contributed by atoms with van der Waals surface area (Å²) in [7, 11) is 0. The van der Waals surface area contributed by atoms with E-state index in [9.17, 15) is 0 Å². The number of aromatic nitrogens is 6. The van der Waals surface area contributed by atoms with Gasteiger partial charge in [-0.2, -0.15) is 0 Å². The Morgan fingerprint density at radius 3 is 1.11 bits per heavy atom. The second kappa shape index (κ2) is 28.9. The average molecular weight is 1570 g/mol. The minimum Gasteiger partial charge on any atom is -0.244 e. The van der Waals surface area contributed by atoms with Gasteiger partial charge >= 0.3 is 0 Å². The summed E-state index contributed by atoms with van der Waals surface area (Å²) in [4.78, 5) is 31.3. The van der Waals surface area contributed by atoms with Gasteiger partial charge in [-0.1, -0.05) is 367 Å². The van der Waals surface area contributed by atoms with Crippen LogP contribution in [0.4, 0.5) is 0 Å². The molecule has 3 aliphatic carbocycles. The Morgan fingerprint density at radius 2 is 0.553 bits per heavy atom. The van der Waals surface area contributed by atoms with E-state index in [-0.39, 0.29) is 10.8 Å². The van der Waals surface area contributed by atoms with Gasteiger partial charge in [-0.25, -0.2) is 29.9 Å². The molecule has 123 heavy (non-hydrogen) atoms. The third kappa shape index (κ3) is 12.0. The Balaban J connectivity index is 0.000000107. The van der Waals surface area contributed by atoms with Gasteiger partial charge in [0.2, 0.25) is 0 Å². The Bertz CT molecular complexity index is 8000. The van der Waals surface area contributed by atoms with E-state index >= 15 is 0 Å². The first-order chi connectivity index (χ1) is 60.5. The van der Waals surface area contributed by atoms with Crippen LogP contribution in [0.25, 0.3) is 188 Å². The SMILES string of the molecule is CC1(C)c2cc(-c3nc(-c4ccccc4)c4c(ccc5ccccc54)n3)ccc2-c2cc3ccccc3cc21.CC1(C)c2cc(-c3nc4ccc5ccccc5c4nc3-c3ccccc3)ccc2-c2cc3ccccc3cc21.c1ccc(-c2nc(-c3ccc4c(c3)-c3cc5ccccc5cc3C4(c3ccccc3)c3ccccc3)nc3ccccc23)cc1. The molecule has 0 amide bonds.